The summed E-state index contributed by atoms with van der Waals surface area (Å²) in [5, 5.41) is 13.0. The van der Waals surface area contributed by atoms with Crippen LogP contribution >= 0.6 is 0 Å². The van der Waals surface area contributed by atoms with Gasteiger partial charge < -0.3 is 19.3 Å². The van der Waals surface area contributed by atoms with Gasteiger partial charge in [-0.25, -0.2) is 4.79 Å². The van der Waals surface area contributed by atoms with Crippen molar-refractivity contribution in [3.63, 3.8) is 0 Å². The average molecular weight is 310 g/mol. The largest absolute Gasteiger partial charge is 0.479 e. The standard InChI is InChI=1S/C15H22N2O5/c1-4-10(5-2)11-6-12(22-16-11)14(18)17-7-9(3)21-13(8-17)15(19)20/h6,9-10,13H,4-5,7-8H2,1-3H3,(H,19,20)/t9-,13?/m1/s1. The summed E-state index contributed by atoms with van der Waals surface area (Å²) in [5.41, 5.74) is 0.768. The zero-order chi connectivity index (χ0) is 16.3. The summed E-state index contributed by atoms with van der Waals surface area (Å²) >= 11 is 0. The van der Waals surface area contributed by atoms with E-state index in [1.807, 2.05) is 0 Å². The molecule has 7 nitrogen and oxygen atoms in total. The highest BCUT2D eigenvalue weighted by Gasteiger charge is 2.34. The third kappa shape index (κ3) is 3.47. The van der Waals surface area contributed by atoms with Gasteiger partial charge in [-0.2, -0.15) is 0 Å². The first-order chi connectivity index (χ1) is 10.5. The molecule has 1 aliphatic rings. The highest BCUT2D eigenvalue weighted by molar-refractivity contribution is 5.92. The SMILES string of the molecule is CCC(CC)c1cc(C(=O)N2CC(C(=O)O)O[C@H](C)C2)on1. The topological polar surface area (TPSA) is 92.9 Å². The van der Waals surface area contributed by atoms with Crippen molar-refractivity contribution in [3.8, 4) is 0 Å². The molecule has 1 aromatic rings. The number of aliphatic carboxylic acids is 1. The average Bonchev–Trinajstić information content (AvgIpc) is 2.96. The Kier molecular flexibility index (Phi) is 5.18. The van der Waals surface area contributed by atoms with E-state index in [9.17, 15) is 9.59 Å². The molecule has 7 heteroatoms. The molecule has 2 atom stereocenters. The molecule has 2 heterocycles. The molecule has 1 N–H and O–H groups in total. The molecule has 0 spiro atoms. The molecule has 0 radical (unpaired) electrons. The van der Waals surface area contributed by atoms with Gasteiger partial charge in [0.2, 0.25) is 5.76 Å². The molecule has 1 unspecified atom stereocenters. The molecule has 1 aliphatic heterocycles. The van der Waals surface area contributed by atoms with E-state index in [2.05, 4.69) is 19.0 Å². The van der Waals surface area contributed by atoms with Gasteiger partial charge in [0.05, 0.1) is 18.3 Å². The Morgan fingerprint density at radius 1 is 1.41 bits per heavy atom. The zero-order valence-corrected chi connectivity index (χ0v) is 13.1. The molecule has 1 aromatic heterocycles. The lowest BCUT2D eigenvalue weighted by molar-refractivity contribution is -0.160. The number of hydrogen-bond donors (Lipinski definition) is 1. The Morgan fingerprint density at radius 2 is 2.09 bits per heavy atom. The van der Waals surface area contributed by atoms with Crippen LogP contribution in [0.3, 0.4) is 0 Å². The molecule has 0 aliphatic carbocycles. The fraction of sp³-hybridized carbons (Fsp3) is 0.667. The van der Waals surface area contributed by atoms with Gasteiger partial charge in [-0.15, -0.1) is 0 Å². The van der Waals surface area contributed by atoms with Crippen molar-refractivity contribution in [2.75, 3.05) is 13.1 Å². The van der Waals surface area contributed by atoms with Crippen molar-refractivity contribution in [2.24, 2.45) is 0 Å². The minimum Gasteiger partial charge on any atom is -0.479 e. The number of carboxylic acid groups (broad SMARTS) is 1. The number of rotatable bonds is 5. The lowest BCUT2D eigenvalue weighted by Gasteiger charge is -2.34. The fourth-order valence-electron chi connectivity index (χ4n) is 2.70. The van der Waals surface area contributed by atoms with Gasteiger partial charge in [0, 0.05) is 18.5 Å². The van der Waals surface area contributed by atoms with Crippen LogP contribution in [0.5, 0.6) is 0 Å². The first kappa shape index (κ1) is 16.5. The molecular weight excluding hydrogens is 288 g/mol. The van der Waals surface area contributed by atoms with Crippen molar-refractivity contribution in [1.29, 1.82) is 0 Å². The van der Waals surface area contributed by atoms with Crippen molar-refractivity contribution < 1.29 is 24.0 Å². The van der Waals surface area contributed by atoms with Crippen LogP contribution < -0.4 is 0 Å². The van der Waals surface area contributed by atoms with Crippen LogP contribution in [0.25, 0.3) is 0 Å². The lowest BCUT2D eigenvalue weighted by Crippen LogP contribution is -2.51. The number of aromatic nitrogens is 1. The Hall–Kier alpha value is -1.89. The van der Waals surface area contributed by atoms with Crippen molar-refractivity contribution in [3.05, 3.63) is 17.5 Å². The van der Waals surface area contributed by atoms with Gasteiger partial charge in [-0.1, -0.05) is 19.0 Å². The molecule has 2 rings (SSSR count). The van der Waals surface area contributed by atoms with E-state index >= 15 is 0 Å². The number of carbonyl (C=O) groups excluding carboxylic acids is 1. The summed E-state index contributed by atoms with van der Waals surface area (Å²) in [5.74, 6) is -0.994. The first-order valence-corrected chi connectivity index (χ1v) is 7.60. The second-order valence-corrected chi connectivity index (χ2v) is 5.61. The van der Waals surface area contributed by atoms with Crippen molar-refractivity contribution in [1.82, 2.24) is 10.1 Å². The van der Waals surface area contributed by atoms with Crippen LogP contribution in [0.4, 0.5) is 0 Å². The Bertz CT molecular complexity index is 538. The summed E-state index contributed by atoms with van der Waals surface area (Å²) in [6.07, 6.45) is 0.507. The third-order valence-corrected chi connectivity index (χ3v) is 3.97. The number of amides is 1. The van der Waals surface area contributed by atoms with Gasteiger partial charge in [0.15, 0.2) is 6.10 Å². The predicted molar refractivity (Wildman–Crippen MR) is 77.7 cm³/mol. The molecule has 1 saturated heterocycles. The molecule has 1 amide bonds. The maximum Gasteiger partial charge on any atom is 0.334 e. The van der Waals surface area contributed by atoms with Gasteiger partial charge in [-0.05, 0) is 19.8 Å². The highest BCUT2D eigenvalue weighted by atomic mass is 16.5. The number of ether oxygens (including phenoxy) is 1. The van der Waals surface area contributed by atoms with Crippen LogP contribution in [-0.4, -0.2) is 52.3 Å². The van der Waals surface area contributed by atoms with Crippen LogP contribution in [0, 0.1) is 0 Å². The summed E-state index contributed by atoms with van der Waals surface area (Å²) in [6, 6.07) is 1.66. The fourth-order valence-corrected chi connectivity index (χ4v) is 2.70. The maximum atomic E-state index is 12.5. The lowest BCUT2D eigenvalue weighted by atomic mass is 9.99. The van der Waals surface area contributed by atoms with E-state index in [-0.39, 0.29) is 30.2 Å². The third-order valence-electron chi connectivity index (χ3n) is 3.97. The minimum atomic E-state index is -1.07. The second-order valence-electron chi connectivity index (χ2n) is 5.61. The quantitative estimate of drug-likeness (QED) is 0.892. The molecule has 122 valence electrons. The van der Waals surface area contributed by atoms with E-state index in [1.165, 1.54) is 4.90 Å². The summed E-state index contributed by atoms with van der Waals surface area (Å²) in [4.78, 5) is 25.0. The summed E-state index contributed by atoms with van der Waals surface area (Å²) < 4.78 is 10.5. The Balaban J connectivity index is 2.12. The number of carboxylic acids is 1. The monoisotopic (exact) mass is 310 g/mol. The van der Waals surface area contributed by atoms with E-state index in [1.54, 1.807) is 13.0 Å². The van der Waals surface area contributed by atoms with Gasteiger partial charge in [0.1, 0.15) is 0 Å². The van der Waals surface area contributed by atoms with Crippen LogP contribution in [0.2, 0.25) is 0 Å². The highest BCUT2D eigenvalue weighted by Crippen LogP contribution is 2.23. The normalized spacial score (nSPS) is 22.1. The molecule has 0 aromatic carbocycles. The van der Waals surface area contributed by atoms with Gasteiger partial charge in [-0.3, -0.25) is 4.79 Å². The van der Waals surface area contributed by atoms with Crippen molar-refractivity contribution >= 4 is 11.9 Å². The van der Waals surface area contributed by atoms with Crippen molar-refractivity contribution in [2.45, 2.75) is 51.7 Å². The van der Waals surface area contributed by atoms with E-state index in [0.29, 0.717) is 6.54 Å². The molecule has 0 bridgehead atoms. The zero-order valence-electron chi connectivity index (χ0n) is 13.1. The smallest absolute Gasteiger partial charge is 0.334 e. The molecule has 1 fully saturated rings. The predicted octanol–water partition coefficient (Wildman–Crippen LogP) is 1.89. The Labute approximate surface area is 129 Å². The van der Waals surface area contributed by atoms with Crippen LogP contribution in [0.1, 0.15) is 55.8 Å². The molecule has 22 heavy (non-hydrogen) atoms. The van der Waals surface area contributed by atoms with Crippen LogP contribution in [-0.2, 0) is 9.53 Å². The number of nitrogens with zero attached hydrogens (tertiary/aromatic N) is 2. The van der Waals surface area contributed by atoms with Crippen LogP contribution in [0.15, 0.2) is 10.6 Å². The Morgan fingerprint density at radius 3 is 2.68 bits per heavy atom. The second kappa shape index (κ2) is 6.91. The number of carbonyl (C=O) groups is 2. The number of hydrogen-bond acceptors (Lipinski definition) is 5. The number of morpholine rings is 1. The van der Waals surface area contributed by atoms with E-state index in [0.717, 1.165) is 18.5 Å². The van der Waals surface area contributed by atoms with E-state index < -0.39 is 12.1 Å². The summed E-state index contributed by atoms with van der Waals surface area (Å²) in [7, 11) is 0. The summed E-state index contributed by atoms with van der Waals surface area (Å²) in [6.45, 7) is 6.21. The van der Waals surface area contributed by atoms with Gasteiger partial charge in [0.25, 0.3) is 5.91 Å². The first-order valence-electron chi connectivity index (χ1n) is 7.60. The molecule has 0 saturated carbocycles. The van der Waals surface area contributed by atoms with Gasteiger partial charge >= 0.3 is 5.97 Å². The molecular formula is C15H22N2O5. The van der Waals surface area contributed by atoms with E-state index in [4.69, 9.17) is 14.4 Å². The maximum absolute atomic E-state index is 12.5. The minimum absolute atomic E-state index is 0.0134.